The first-order chi connectivity index (χ1) is 7.28. The van der Waals surface area contributed by atoms with E-state index in [9.17, 15) is 0 Å². The van der Waals surface area contributed by atoms with Gasteiger partial charge in [0.05, 0.1) is 6.54 Å². The minimum absolute atomic E-state index is 0.815. The Morgan fingerprint density at radius 2 is 2.00 bits per heavy atom. The molecule has 1 aromatic heterocycles. The maximum atomic E-state index is 5.63. The number of aryl methyl sites for hydroxylation is 1. The highest BCUT2D eigenvalue weighted by atomic mass is 15.1. The van der Waals surface area contributed by atoms with E-state index in [0.717, 1.165) is 18.8 Å². The first kappa shape index (κ1) is 9.77. The van der Waals surface area contributed by atoms with E-state index in [4.69, 9.17) is 5.73 Å². The quantitative estimate of drug-likeness (QED) is 0.593. The molecule has 2 aromatic rings. The van der Waals surface area contributed by atoms with E-state index < -0.39 is 0 Å². The van der Waals surface area contributed by atoms with Gasteiger partial charge >= 0.3 is 0 Å². The topological polar surface area (TPSA) is 34.8 Å². The molecular formula is C12H16N3+. The fourth-order valence-electron chi connectivity index (χ4n) is 1.55. The lowest BCUT2D eigenvalue weighted by Crippen LogP contribution is -2.31. The monoisotopic (exact) mass is 202 g/mol. The van der Waals surface area contributed by atoms with Gasteiger partial charge in [-0.1, -0.05) is 12.1 Å². The zero-order chi connectivity index (χ0) is 10.7. The number of aromatic nitrogens is 2. The van der Waals surface area contributed by atoms with Crippen LogP contribution in [-0.2, 0) is 13.1 Å². The highest BCUT2D eigenvalue weighted by Crippen LogP contribution is 2.04. The highest BCUT2D eigenvalue weighted by molar-refractivity contribution is 5.38. The summed E-state index contributed by atoms with van der Waals surface area (Å²) in [5.74, 6) is 0. The van der Waals surface area contributed by atoms with Crippen LogP contribution in [0.25, 0.3) is 0 Å². The average molecular weight is 202 g/mol. The van der Waals surface area contributed by atoms with Crippen molar-refractivity contribution in [3.63, 3.8) is 0 Å². The van der Waals surface area contributed by atoms with E-state index >= 15 is 0 Å². The van der Waals surface area contributed by atoms with Gasteiger partial charge in [0.25, 0.3) is 0 Å². The Morgan fingerprint density at radius 1 is 1.27 bits per heavy atom. The molecule has 78 valence electrons. The Bertz CT molecular complexity index is 428. The van der Waals surface area contributed by atoms with Crippen molar-refractivity contribution in [2.45, 2.75) is 20.0 Å². The minimum atomic E-state index is 0.815. The van der Waals surface area contributed by atoms with Gasteiger partial charge in [-0.2, -0.15) is 0 Å². The first-order valence-electron chi connectivity index (χ1n) is 5.17. The molecule has 0 aliphatic heterocycles. The summed E-state index contributed by atoms with van der Waals surface area (Å²) in [6.45, 7) is 4.04. The molecule has 3 nitrogen and oxygen atoms in total. The van der Waals surface area contributed by atoms with Gasteiger partial charge in [0, 0.05) is 5.69 Å². The van der Waals surface area contributed by atoms with Crippen LogP contribution in [0, 0.1) is 0 Å². The summed E-state index contributed by atoms with van der Waals surface area (Å²) >= 11 is 0. The molecule has 2 rings (SSSR count). The third kappa shape index (κ3) is 2.37. The summed E-state index contributed by atoms with van der Waals surface area (Å²) in [4.78, 5) is 0. The van der Waals surface area contributed by atoms with E-state index in [-0.39, 0.29) is 0 Å². The second-order valence-corrected chi connectivity index (χ2v) is 3.66. The molecule has 3 heteroatoms. The van der Waals surface area contributed by atoms with Gasteiger partial charge in [-0.3, -0.25) is 0 Å². The summed E-state index contributed by atoms with van der Waals surface area (Å²) in [6, 6.07) is 8.00. The Hall–Kier alpha value is -1.77. The summed E-state index contributed by atoms with van der Waals surface area (Å²) in [5, 5.41) is 0. The van der Waals surface area contributed by atoms with Crippen molar-refractivity contribution < 1.29 is 4.57 Å². The normalized spacial score (nSPS) is 10.5. The van der Waals surface area contributed by atoms with Gasteiger partial charge in [0.1, 0.15) is 18.9 Å². The number of rotatable bonds is 3. The van der Waals surface area contributed by atoms with Crippen molar-refractivity contribution >= 4 is 5.69 Å². The molecule has 15 heavy (non-hydrogen) atoms. The summed E-state index contributed by atoms with van der Waals surface area (Å²) < 4.78 is 4.31. The van der Waals surface area contributed by atoms with Gasteiger partial charge in [-0.15, -0.1) is 0 Å². The van der Waals surface area contributed by atoms with E-state index in [1.807, 2.05) is 12.1 Å². The largest absolute Gasteiger partial charge is 0.399 e. The Kier molecular flexibility index (Phi) is 2.72. The van der Waals surface area contributed by atoms with Crippen molar-refractivity contribution in [2.24, 2.45) is 0 Å². The number of nitrogen functional groups attached to an aromatic ring is 1. The molecule has 0 spiro atoms. The zero-order valence-electron chi connectivity index (χ0n) is 8.93. The second-order valence-electron chi connectivity index (χ2n) is 3.66. The molecule has 0 saturated carbocycles. The van der Waals surface area contributed by atoms with Gasteiger partial charge in [0.15, 0.2) is 0 Å². The SMILES string of the molecule is CCn1cc[n+](Cc2ccc(N)cc2)c1. The van der Waals surface area contributed by atoms with Crippen molar-refractivity contribution in [3.05, 3.63) is 48.5 Å². The van der Waals surface area contributed by atoms with E-state index in [1.165, 1.54) is 5.56 Å². The van der Waals surface area contributed by atoms with Crippen LogP contribution in [0.1, 0.15) is 12.5 Å². The standard InChI is InChI=1S/C12H16N3/c1-2-14-7-8-15(10-14)9-11-3-5-12(13)6-4-11/h3-8,10H,2,9,13H2,1H3/q+1. The molecule has 0 unspecified atom stereocenters. The fourth-order valence-corrected chi connectivity index (χ4v) is 1.55. The number of benzene rings is 1. The van der Waals surface area contributed by atoms with Gasteiger partial charge in [-0.05, 0) is 24.6 Å². The third-order valence-corrected chi connectivity index (χ3v) is 2.46. The molecule has 0 amide bonds. The van der Waals surface area contributed by atoms with Crippen LogP contribution in [0.4, 0.5) is 5.69 Å². The Labute approximate surface area is 89.8 Å². The molecule has 0 fully saturated rings. The van der Waals surface area contributed by atoms with Gasteiger partial charge in [0.2, 0.25) is 6.33 Å². The predicted molar refractivity (Wildman–Crippen MR) is 60.3 cm³/mol. The van der Waals surface area contributed by atoms with Crippen LogP contribution in [0.2, 0.25) is 0 Å². The third-order valence-electron chi connectivity index (χ3n) is 2.46. The van der Waals surface area contributed by atoms with Crippen molar-refractivity contribution in [2.75, 3.05) is 5.73 Å². The number of hydrogen-bond acceptors (Lipinski definition) is 1. The van der Waals surface area contributed by atoms with Crippen LogP contribution in [0.5, 0.6) is 0 Å². The zero-order valence-corrected chi connectivity index (χ0v) is 8.93. The number of nitrogens with zero attached hydrogens (tertiary/aromatic N) is 2. The molecule has 1 aromatic carbocycles. The number of nitrogens with two attached hydrogens (primary N) is 1. The van der Waals surface area contributed by atoms with Crippen LogP contribution >= 0.6 is 0 Å². The fraction of sp³-hybridized carbons (Fsp3) is 0.250. The minimum Gasteiger partial charge on any atom is -0.399 e. The van der Waals surface area contributed by atoms with Crippen LogP contribution in [-0.4, -0.2) is 4.57 Å². The number of imidazole rings is 1. The number of anilines is 1. The summed E-state index contributed by atoms with van der Waals surface area (Å²) in [5.41, 5.74) is 7.72. The summed E-state index contributed by atoms with van der Waals surface area (Å²) in [6.07, 6.45) is 6.27. The molecule has 1 heterocycles. The van der Waals surface area contributed by atoms with Gasteiger partial charge < -0.3 is 5.73 Å². The Morgan fingerprint density at radius 3 is 2.60 bits per heavy atom. The predicted octanol–water partition coefficient (Wildman–Crippen LogP) is 1.43. The molecule has 0 aliphatic rings. The molecule has 0 aliphatic carbocycles. The van der Waals surface area contributed by atoms with E-state index in [0.29, 0.717) is 0 Å². The molecule has 0 radical (unpaired) electrons. The van der Waals surface area contributed by atoms with E-state index in [1.54, 1.807) is 0 Å². The molecule has 0 bridgehead atoms. The average Bonchev–Trinajstić information content (AvgIpc) is 2.69. The van der Waals surface area contributed by atoms with Crippen molar-refractivity contribution in [1.29, 1.82) is 0 Å². The smallest absolute Gasteiger partial charge is 0.244 e. The molecular weight excluding hydrogens is 186 g/mol. The maximum Gasteiger partial charge on any atom is 0.244 e. The van der Waals surface area contributed by atoms with Crippen LogP contribution < -0.4 is 10.3 Å². The second kappa shape index (κ2) is 4.17. The molecule has 2 N–H and O–H groups in total. The van der Waals surface area contributed by atoms with Crippen molar-refractivity contribution in [3.8, 4) is 0 Å². The molecule has 0 saturated heterocycles. The lowest BCUT2D eigenvalue weighted by molar-refractivity contribution is -0.687. The lowest BCUT2D eigenvalue weighted by atomic mass is 10.2. The lowest BCUT2D eigenvalue weighted by Gasteiger charge is -1.98. The highest BCUT2D eigenvalue weighted by Gasteiger charge is 2.02. The van der Waals surface area contributed by atoms with Crippen molar-refractivity contribution in [1.82, 2.24) is 4.57 Å². The summed E-state index contributed by atoms with van der Waals surface area (Å²) in [7, 11) is 0. The maximum absolute atomic E-state index is 5.63. The van der Waals surface area contributed by atoms with Crippen LogP contribution in [0.15, 0.2) is 43.0 Å². The first-order valence-corrected chi connectivity index (χ1v) is 5.17. The van der Waals surface area contributed by atoms with E-state index in [2.05, 4.69) is 46.9 Å². The Balaban J connectivity index is 2.11. The number of hydrogen-bond donors (Lipinski definition) is 1. The van der Waals surface area contributed by atoms with Gasteiger partial charge in [-0.25, -0.2) is 9.13 Å². The molecule has 0 atom stereocenters. The van der Waals surface area contributed by atoms with Crippen LogP contribution in [0.3, 0.4) is 0 Å².